The molecular formula is C11H11ClN2O2S2. The monoisotopic (exact) mass is 302 g/mol. The highest BCUT2D eigenvalue weighted by Gasteiger charge is 2.06. The second kappa shape index (κ2) is 5.27. The van der Waals surface area contributed by atoms with Gasteiger partial charge < -0.3 is 5.32 Å². The molecular weight excluding hydrogens is 292 g/mol. The molecule has 0 atom stereocenters. The number of thiophene rings is 1. The van der Waals surface area contributed by atoms with Crippen LogP contribution in [0.25, 0.3) is 0 Å². The summed E-state index contributed by atoms with van der Waals surface area (Å²) in [6.45, 7) is 0.645. The minimum atomic E-state index is -3.63. The maximum Gasteiger partial charge on any atom is 0.238 e. The Kier molecular flexibility index (Phi) is 3.91. The van der Waals surface area contributed by atoms with Crippen molar-refractivity contribution in [3.8, 4) is 0 Å². The van der Waals surface area contributed by atoms with Gasteiger partial charge in [-0.1, -0.05) is 11.6 Å². The van der Waals surface area contributed by atoms with Crippen LogP contribution in [0.3, 0.4) is 0 Å². The third-order valence-electron chi connectivity index (χ3n) is 2.27. The lowest BCUT2D eigenvalue weighted by Gasteiger charge is -2.05. The Labute approximate surface area is 114 Å². The van der Waals surface area contributed by atoms with Crippen LogP contribution in [0, 0.1) is 0 Å². The second-order valence-corrected chi connectivity index (χ2v) is 6.65. The molecule has 0 aliphatic rings. The van der Waals surface area contributed by atoms with Crippen LogP contribution in [0.1, 0.15) is 4.88 Å². The number of primary sulfonamides is 1. The molecule has 0 aliphatic heterocycles. The fourth-order valence-corrected chi connectivity index (χ4v) is 2.93. The smallest absolute Gasteiger partial charge is 0.238 e. The first-order chi connectivity index (χ1) is 8.45. The molecule has 4 nitrogen and oxygen atoms in total. The molecule has 1 aromatic carbocycles. The van der Waals surface area contributed by atoms with Crippen molar-refractivity contribution in [1.82, 2.24) is 0 Å². The first-order valence-corrected chi connectivity index (χ1v) is 7.85. The number of anilines is 1. The van der Waals surface area contributed by atoms with Crippen LogP contribution in [-0.4, -0.2) is 8.42 Å². The third kappa shape index (κ3) is 3.46. The first-order valence-electron chi connectivity index (χ1n) is 5.05. The number of hydrogen-bond donors (Lipinski definition) is 2. The predicted molar refractivity (Wildman–Crippen MR) is 74.5 cm³/mol. The van der Waals surface area contributed by atoms with Gasteiger partial charge in [-0.25, -0.2) is 13.6 Å². The largest absolute Gasteiger partial charge is 0.380 e. The van der Waals surface area contributed by atoms with E-state index < -0.39 is 10.0 Å². The molecule has 1 aromatic heterocycles. The van der Waals surface area contributed by atoms with Crippen molar-refractivity contribution in [3.63, 3.8) is 0 Å². The number of rotatable bonds is 4. The quantitative estimate of drug-likeness (QED) is 0.912. The maximum atomic E-state index is 11.1. The Balaban J connectivity index is 2.03. The Hall–Kier alpha value is -1.08. The molecule has 0 fully saturated rings. The molecule has 0 unspecified atom stereocenters. The number of nitrogens with two attached hydrogens (primary N) is 1. The average molecular weight is 303 g/mol. The molecule has 0 radical (unpaired) electrons. The lowest BCUT2D eigenvalue weighted by Crippen LogP contribution is -2.11. The zero-order valence-corrected chi connectivity index (χ0v) is 11.6. The molecule has 2 aromatic rings. The van der Waals surface area contributed by atoms with E-state index in [4.69, 9.17) is 16.7 Å². The highest BCUT2D eigenvalue weighted by molar-refractivity contribution is 7.89. The molecule has 1 heterocycles. The molecule has 96 valence electrons. The molecule has 0 aliphatic carbocycles. The van der Waals surface area contributed by atoms with Gasteiger partial charge in [-0.3, -0.25) is 0 Å². The summed E-state index contributed by atoms with van der Waals surface area (Å²) >= 11 is 7.38. The predicted octanol–water partition coefficient (Wildman–Crippen LogP) is 2.66. The Morgan fingerprint density at radius 1 is 1.28 bits per heavy atom. The van der Waals surface area contributed by atoms with Crippen LogP contribution in [0.5, 0.6) is 0 Å². The lowest BCUT2D eigenvalue weighted by molar-refractivity contribution is 0.598. The zero-order chi connectivity index (χ0) is 13.2. The summed E-state index contributed by atoms with van der Waals surface area (Å²) in [5, 5.41) is 10.8. The van der Waals surface area contributed by atoms with Crippen LogP contribution in [0.4, 0.5) is 5.69 Å². The summed E-state index contributed by atoms with van der Waals surface area (Å²) < 4.78 is 22.1. The van der Waals surface area contributed by atoms with E-state index in [1.165, 1.54) is 12.1 Å². The van der Waals surface area contributed by atoms with Crippen molar-refractivity contribution in [2.24, 2.45) is 5.14 Å². The van der Waals surface area contributed by atoms with Crippen LogP contribution in [0.15, 0.2) is 40.6 Å². The van der Waals surface area contributed by atoms with E-state index in [9.17, 15) is 8.42 Å². The number of halogens is 1. The highest BCUT2D eigenvalue weighted by atomic mass is 35.5. The van der Waals surface area contributed by atoms with Crippen molar-refractivity contribution >= 4 is 38.6 Å². The Morgan fingerprint density at radius 3 is 2.44 bits per heavy atom. The van der Waals surface area contributed by atoms with Gasteiger partial charge in [-0.15, -0.1) is 11.3 Å². The maximum absolute atomic E-state index is 11.1. The molecule has 0 saturated carbocycles. The van der Waals surface area contributed by atoms with Crippen LogP contribution in [0.2, 0.25) is 5.02 Å². The molecule has 0 saturated heterocycles. The van der Waals surface area contributed by atoms with Gasteiger partial charge in [0.2, 0.25) is 10.0 Å². The van der Waals surface area contributed by atoms with Crippen molar-refractivity contribution in [2.45, 2.75) is 11.4 Å². The molecule has 18 heavy (non-hydrogen) atoms. The molecule has 0 amide bonds. The number of sulfonamides is 1. The van der Waals surface area contributed by atoms with E-state index in [0.29, 0.717) is 6.54 Å². The zero-order valence-electron chi connectivity index (χ0n) is 9.26. The van der Waals surface area contributed by atoms with Crippen LogP contribution >= 0.6 is 22.9 Å². The van der Waals surface area contributed by atoms with E-state index in [0.717, 1.165) is 15.6 Å². The molecule has 7 heteroatoms. The minimum Gasteiger partial charge on any atom is -0.380 e. The van der Waals surface area contributed by atoms with Crippen molar-refractivity contribution in [3.05, 3.63) is 45.6 Å². The summed E-state index contributed by atoms with van der Waals surface area (Å²) in [6, 6.07) is 8.18. The van der Waals surface area contributed by atoms with E-state index in [1.807, 2.05) is 11.4 Å². The molecule has 0 spiro atoms. The third-order valence-corrected chi connectivity index (χ3v) is 4.48. The minimum absolute atomic E-state index is 0.104. The summed E-state index contributed by atoms with van der Waals surface area (Å²) in [5.74, 6) is 0. The summed E-state index contributed by atoms with van der Waals surface area (Å²) in [5.41, 5.74) is 0.826. The van der Waals surface area contributed by atoms with Gasteiger partial charge >= 0.3 is 0 Å². The summed E-state index contributed by atoms with van der Waals surface area (Å²) in [7, 11) is -3.63. The first kappa shape index (κ1) is 13.4. The van der Waals surface area contributed by atoms with Gasteiger partial charge in [-0.05, 0) is 30.3 Å². The van der Waals surface area contributed by atoms with Crippen LogP contribution in [-0.2, 0) is 16.6 Å². The number of hydrogen-bond acceptors (Lipinski definition) is 4. The van der Waals surface area contributed by atoms with Crippen molar-refractivity contribution in [1.29, 1.82) is 0 Å². The molecule has 3 N–H and O–H groups in total. The van der Waals surface area contributed by atoms with Gasteiger partial charge in [0.15, 0.2) is 0 Å². The second-order valence-electron chi connectivity index (χ2n) is 3.65. The van der Waals surface area contributed by atoms with E-state index in [-0.39, 0.29) is 4.90 Å². The van der Waals surface area contributed by atoms with Gasteiger partial charge in [0.25, 0.3) is 0 Å². The average Bonchev–Trinajstić information content (AvgIpc) is 2.72. The fraction of sp³-hybridized carbons (Fsp3) is 0.0909. The number of benzene rings is 1. The summed E-state index contributed by atoms with van der Waals surface area (Å²) in [4.78, 5) is 1.21. The van der Waals surface area contributed by atoms with Gasteiger partial charge in [0.1, 0.15) is 0 Å². The van der Waals surface area contributed by atoms with Crippen molar-refractivity contribution in [2.75, 3.05) is 5.32 Å². The van der Waals surface area contributed by atoms with Gasteiger partial charge in [0.05, 0.1) is 9.92 Å². The van der Waals surface area contributed by atoms with E-state index in [2.05, 4.69) is 5.32 Å². The normalized spacial score (nSPS) is 11.4. The fourth-order valence-electron chi connectivity index (χ4n) is 1.40. The van der Waals surface area contributed by atoms with Crippen LogP contribution < -0.4 is 10.5 Å². The topological polar surface area (TPSA) is 72.2 Å². The summed E-state index contributed by atoms with van der Waals surface area (Å²) in [6.07, 6.45) is 0. The number of nitrogens with one attached hydrogen (secondary N) is 1. The SMILES string of the molecule is NS(=O)(=O)c1ccc(NCc2cc(Cl)cs2)cc1. The highest BCUT2D eigenvalue weighted by Crippen LogP contribution is 2.20. The molecule has 0 bridgehead atoms. The lowest BCUT2D eigenvalue weighted by atomic mass is 10.3. The van der Waals surface area contributed by atoms with Crippen molar-refractivity contribution < 1.29 is 8.42 Å². The standard InChI is InChI=1S/C11H11ClN2O2S2/c12-8-5-10(17-7-8)6-14-9-1-3-11(4-2-9)18(13,15)16/h1-5,7,14H,6H2,(H2,13,15,16). The van der Waals surface area contributed by atoms with Gasteiger partial charge in [0, 0.05) is 22.5 Å². The Morgan fingerprint density at radius 2 is 1.94 bits per heavy atom. The van der Waals surface area contributed by atoms with E-state index in [1.54, 1.807) is 23.5 Å². The molecule has 2 rings (SSSR count). The Bertz CT molecular complexity index is 635. The van der Waals surface area contributed by atoms with Gasteiger partial charge in [-0.2, -0.15) is 0 Å². The van der Waals surface area contributed by atoms with E-state index >= 15 is 0 Å².